The molecular weight excluding hydrogens is 390 g/mol. The number of halogens is 1. The lowest BCUT2D eigenvalue weighted by molar-refractivity contribution is -0.135. The van der Waals surface area contributed by atoms with E-state index >= 15 is 0 Å². The number of carbonyl (C=O) groups excluding carboxylic acids is 2. The molecule has 1 N–H and O–H groups in total. The second-order valence-corrected chi connectivity index (χ2v) is 9.98. The summed E-state index contributed by atoms with van der Waals surface area (Å²) in [6.45, 7) is 9.04. The van der Waals surface area contributed by atoms with Crippen LogP contribution in [0, 0.1) is 16.7 Å². The maximum absolute atomic E-state index is 13.4. The van der Waals surface area contributed by atoms with Crippen LogP contribution in [-0.2, 0) is 15.1 Å². The van der Waals surface area contributed by atoms with Gasteiger partial charge >= 0.3 is 6.09 Å². The molecule has 2 fully saturated rings. The molecule has 0 unspecified atom stereocenters. The van der Waals surface area contributed by atoms with E-state index in [1.54, 1.807) is 26.8 Å². The summed E-state index contributed by atoms with van der Waals surface area (Å²) in [5.74, 6) is -0.179. The number of nitriles is 1. The summed E-state index contributed by atoms with van der Waals surface area (Å²) in [5.41, 5.74) is -1.03. The Balaban J connectivity index is 1.98. The van der Waals surface area contributed by atoms with E-state index in [0.717, 1.165) is 12.0 Å². The number of rotatable bonds is 3. The lowest BCUT2D eigenvalue weighted by atomic mass is 9.83. The minimum atomic E-state index is -0.712. The van der Waals surface area contributed by atoms with E-state index in [9.17, 15) is 14.9 Å². The van der Waals surface area contributed by atoms with Gasteiger partial charge in [-0.2, -0.15) is 5.26 Å². The zero-order chi connectivity index (χ0) is 21.6. The van der Waals surface area contributed by atoms with Gasteiger partial charge in [0.1, 0.15) is 11.6 Å². The normalized spacial score (nSPS) is 26.8. The van der Waals surface area contributed by atoms with Gasteiger partial charge in [0.15, 0.2) is 0 Å². The number of carbonyl (C=O) groups is 2. The van der Waals surface area contributed by atoms with Crippen molar-refractivity contribution in [1.82, 2.24) is 10.2 Å². The Morgan fingerprint density at radius 1 is 1.34 bits per heavy atom. The quantitative estimate of drug-likeness (QED) is 0.791. The SMILES string of the molecule is CC(C)(C)OC(=O)N[C@H]1C[C@@]2(c3cccc(Cl)c3)CC[C@H](C(C)(C)C#N)N2C1=O. The molecule has 29 heavy (non-hydrogen) atoms. The summed E-state index contributed by atoms with van der Waals surface area (Å²) in [7, 11) is 0. The number of fused-ring (bicyclic) bond motifs is 1. The highest BCUT2D eigenvalue weighted by molar-refractivity contribution is 6.30. The summed E-state index contributed by atoms with van der Waals surface area (Å²) in [6, 6.07) is 8.90. The number of ether oxygens (including phenoxy) is 1. The molecule has 0 saturated carbocycles. The molecular formula is C22H28ClN3O3. The standard InChI is InChI=1S/C22H28ClN3O3/c1-20(2,3)29-19(28)25-16-12-22(14-7-6-8-15(23)11-14)10-9-17(21(4,5)13-24)26(22)18(16)27/h6-8,11,16-17H,9-10,12H2,1-5H3,(H,25,28)/t16-,17+,22+/m0/s1. The van der Waals surface area contributed by atoms with Crippen molar-refractivity contribution in [3.8, 4) is 6.07 Å². The minimum Gasteiger partial charge on any atom is -0.444 e. The molecule has 2 aliphatic rings. The minimum absolute atomic E-state index is 0.179. The van der Waals surface area contributed by atoms with Gasteiger partial charge in [-0.15, -0.1) is 0 Å². The molecule has 3 atom stereocenters. The molecule has 156 valence electrons. The molecule has 7 heteroatoms. The van der Waals surface area contributed by atoms with Crippen LogP contribution in [0.2, 0.25) is 5.02 Å². The molecule has 6 nitrogen and oxygen atoms in total. The number of hydrogen-bond acceptors (Lipinski definition) is 4. The predicted octanol–water partition coefficient (Wildman–Crippen LogP) is 4.37. The van der Waals surface area contributed by atoms with E-state index in [4.69, 9.17) is 16.3 Å². The fourth-order valence-electron chi connectivity index (χ4n) is 4.58. The molecule has 2 aliphatic heterocycles. The molecule has 0 radical (unpaired) electrons. The number of nitrogens with zero attached hydrogens (tertiary/aromatic N) is 2. The van der Waals surface area contributed by atoms with E-state index in [1.807, 2.05) is 36.9 Å². The van der Waals surface area contributed by atoms with Gasteiger partial charge in [-0.25, -0.2) is 4.79 Å². The van der Waals surface area contributed by atoms with E-state index in [2.05, 4.69) is 11.4 Å². The second-order valence-electron chi connectivity index (χ2n) is 9.54. The Labute approximate surface area is 177 Å². The first kappa shape index (κ1) is 21.4. The van der Waals surface area contributed by atoms with E-state index in [-0.39, 0.29) is 11.9 Å². The molecule has 1 aromatic carbocycles. The van der Waals surface area contributed by atoms with Gasteiger partial charge in [-0.1, -0.05) is 23.7 Å². The summed E-state index contributed by atoms with van der Waals surface area (Å²) in [5, 5.41) is 13.0. The van der Waals surface area contributed by atoms with Crippen LogP contribution in [0.3, 0.4) is 0 Å². The maximum atomic E-state index is 13.4. The lowest BCUT2D eigenvalue weighted by Crippen LogP contribution is -2.50. The zero-order valence-corrected chi connectivity index (χ0v) is 18.3. The van der Waals surface area contributed by atoms with Crippen molar-refractivity contribution >= 4 is 23.6 Å². The van der Waals surface area contributed by atoms with E-state index in [1.165, 1.54) is 0 Å². The highest BCUT2D eigenvalue weighted by Gasteiger charge is 2.61. The average Bonchev–Trinajstić information content (AvgIpc) is 3.11. The van der Waals surface area contributed by atoms with Crippen molar-refractivity contribution in [1.29, 1.82) is 5.26 Å². The third-order valence-electron chi connectivity index (χ3n) is 5.86. The van der Waals surface area contributed by atoms with Crippen LogP contribution < -0.4 is 5.32 Å². The first-order valence-electron chi connectivity index (χ1n) is 9.90. The summed E-state index contributed by atoms with van der Waals surface area (Å²) >= 11 is 6.25. The van der Waals surface area contributed by atoms with Crippen LogP contribution in [0.5, 0.6) is 0 Å². The van der Waals surface area contributed by atoms with Crippen LogP contribution >= 0.6 is 11.6 Å². The Morgan fingerprint density at radius 2 is 2.03 bits per heavy atom. The number of hydrogen-bond donors (Lipinski definition) is 1. The van der Waals surface area contributed by atoms with Crippen molar-refractivity contribution in [2.75, 3.05) is 0 Å². The van der Waals surface area contributed by atoms with Crippen LogP contribution in [0.25, 0.3) is 0 Å². The highest BCUT2D eigenvalue weighted by Crippen LogP contribution is 2.53. The lowest BCUT2D eigenvalue weighted by Gasteiger charge is -2.39. The summed E-state index contributed by atoms with van der Waals surface area (Å²) in [6.07, 6.45) is 1.23. The molecule has 0 aliphatic carbocycles. The Morgan fingerprint density at radius 3 is 2.62 bits per heavy atom. The fraction of sp³-hybridized carbons (Fsp3) is 0.591. The molecule has 2 heterocycles. The van der Waals surface area contributed by atoms with Crippen molar-refractivity contribution in [3.63, 3.8) is 0 Å². The Bertz CT molecular complexity index is 871. The number of alkyl carbamates (subject to hydrolysis) is 1. The molecule has 0 aromatic heterocycles. The fourth-order valence-corrected chi connectivity index (χ4v) is 4.77. The monoisotopic (exact) mass is 417 g/mol. The predicted molar refractivity (Wildman–Crippen MR) is 110 cm³/mol. The van der Waals surface area contributed by atoms with E-state index in [0.29, 0.717) is 17.9 Å². The van der Waals surface area contributed by atoms with Gasteiger partial charge in [0.2, 0.25) is 5.91 Å². The third-order valence-corrected chi connectivity index (χ3v) is 6.09. The molecule has 0 spiro atoms. The molecule has 3 rings (SSSR count). The second kappa shape index (κ2) is 7.21. The topological polar surface area (TPSA) is 82.4 Å². The highest BCUT2D eigenvalue weighted by atomic mass is 35.5. The first-order chi connectivity index (χ1) is 13.4. The van der Waals surface area contributed by atoms with E-state index < -0.39 is 28.7 Å². The number of amides is 2. The maximum Gasteiger partial charge on any atom is 0.408 e. The van der Waals surface area contributed by atoms with Crippen LogP contribution in [0.15, 0.2) is 24.3 Å². The van der Waals surface area contributed by atoms with Crippen LogP contribution in [-0.4, -0.2) is 34.6 Å². The summed E-state index contributed by atoms with van der Waals surface area (Å²) < 4.78 is 5.35. The summed E-state index contributed by atoms with van der Waals surface area (Å²) in [4.78, 5) is 27.6. The zero-order valence-electron chi connectivity index (χ0n) is 17.6. The average molecular weight is 418 g/mol. The molecule has 2 saturated heterocycles. The van der Waals surface area contributed by atoms with Crippen LogP contribution in [0.1, 0.15) is 59.4 Å². The molecule has 0 bridgehead atoms. The Hall–Kier alpha value is -2.26. The van der Waals surface area contributed by atoms with Crippen molar-refractivity contribution in [2.24, 2.45) is 5.41 Å². The molecule has 1 aromatic rings. The van der Waals surface area contributed by atoms with Crippen molar-refractivity contribution in [2.45, 2.75) is 77.1 Å². The van der Waals surface area contributed by atoms with Gasteiger partial charge in [-0.3, -0.25) is 4.79 Å². The number of nitrogens with one attached hydrogen (secondary N) is 1. The molecule has 2 amide bonds. The van der Waals surface area contributed by atoms with Crippen molar-refractivity contribution < 1.29 is 14.3 Å². The third kappa shape index (κ3) is 3.93. The van der Waals surface area contributed by atoms with Gasteiger partial charge in [0, 0.05) is 11.4 Å². The number of benzene rings is 1. The smallest absolute Gasteiger partial charge is 0.408 e. The van der Waals surface area contributed by atoms with Gasteiger partial charge in [0.25, 0.3) is 0 Å². The van der Waals surface area contributed by atoms with Crippen molar-refractivity contribution in [3.05, 3.63) is 34.9 Å². The first-order valence-corrected chi connectivity index (χ1v) is 10.3. The van der Waals surface area contributed by atoms with Crippen LogP contribution in [0.4, 0.5) is 4.79 Å². The Kier molecular flexibility index (Phi) is 5.33. The van der Waals surface area contributed by atoms with Gasteiger partial charge in [-0.05, 0) is 65.2 Å². The van der Waals surface area contributed by atoms with Gasteiger partial charge < -0.3 is 15.0 Å². The largest absolute Gasteiger partial charge is 0.444 e. The van der Waals surface area contributed by atoms with Gasteiger partial charge in [0.05, 0.1) is 23.1 Å².